The van der Waals surface area contributed by atoms with E-state index in [1.807, 2.05) is 6.92 Å². The molecule has 1 saturated carbocycles. The van der Waals surface area contributed by atoms with Crippen molar-refractivity contribution in [3.8, 4) is 0 Å². The molecule has 1 amide bonds. The van der Waals surface area contributed by atoms with Gasteiger partial charge >= 0.3 is 5.97 Å². The molecule has 0 spiro atoms. The van der Waals surface area contributed by atoms with Crippen LogP contribution >= 0.6 is 0 Å². The summed E-state index contributed by atoms with van der Waals surface area (Å²) in [5.74, 6) is -1.25. The molecule has 1 aliphatic carbocycles. The van der Waals surface area contributed by atoms with Crippen LogP contribution in [0.5, 0.6) is 0 Å². The van der Waals surface area contributed by atoms with Gasteiger partial charge in [-0.05, 0) is 19.8 Å². The Morgan fingerprint density at radius 3 is 2.50 bits per heavy atom. The second-order valence-corrected chi connectivity index (χ2v) is 4.66. The Hall–Kier alpha value is -1.14. The summed E-state index contributed by atoms with van der Waals surface area (Å²) in [5, 5.41) is 11.9. The van der Waals surface area contributed by atoms with Crippen molar-refractivity contribution in [1.82, 2.24) is 5.32 Å². The largest absolute Gasteiger partial charge is 0.480 e. The summed E-state index contributed by atoms with van der Waals surface area (Å²) in [5.41, 5.74) is 4.41. The first kappa shape index (κ1) is 14.9. The van der Waals surface area contributed by atoms with E-state index in [-0.39, 0.29) is 25.0 Å². The van der Waals surface area contributed by atoms with Crippen LogP contribution in [0.2, 0.25) is 0 Å². The van der Waals surface area contributed by atoms with Gasteiger partial charge in [-0.3, -0.25) is 4.79 Å². The molecule has 104 valence electrons. The molecular formula is C12H22N2O4. The van der Waals surface area contributed by atoms with E-state index in [0.717, 1.165) is 12.8 Å². The lowest BCUT2D eigenvalue weighted by atomic mass is 9.97. The third-order valence-electron chi connectivity index (χ3n) is 3.32. The number of aliphatic carboxylic acids is 1. The maximum absolute atomic E-state index is 11.8. The van der Waals surface area contributed by atoms with E-state index in [2.05, 4.69) is 5.32 Å². The van der Waals surface area contributed by atoms with Gasteiger partial charge in [0.05, 0.1) is 12.5 Å². The van der Waals surface area contributed by atoms with E-state index < -0.39 is 11.5 Å². The number of nitrogens with one attached hydrogen (secondary N) is 1. The minimum atomic E-state index is -1.08. The highest BCUT2D eigenvalue weighted by atomic mass is 16.5. The third-order valence-corrected chi connectivity index (χ3v) is 3.32. The van der Waals surface area contributed by atoms with Gasteiger partial charge in [-0.1, -0.05) is 12.8 Å². The summed E-state index contributed by atoms with van der Waals surface area (Å²) >= 11 is 0. The lowest BCUT2D eigenvalue weighted by Gasteiger charge is -2.26. The van der Waals surface area contributed by atoms with Gasteiger partial charge < -0.3 is 20.9 Å². The third kappa shape index (κ3) is 3.68. The maximum Gasteiger partial charge on any atom is 0.329 e. The summed E-state index contributed by atoms with van der Waals surface area (Å²) < 4.78 is 5.29. The van der Waals surface area contributed by atoms with Crippen molar-refractivity contribution < 1.29 is 19.4 Å². The zero-order chi connectivity index (χ0) is 13.6. The average Bonchev–Trinajstić information content (AvgIpc) is 2.78. The Morgan fingerprint density at radius 1 is 1.44 bits per heavy atom. The number of nitrogens with two attached hydrogens (primary N) is 1. The van der Waals surface area contributed by atoms with Gasteiger partial charge in [0.2, 0.25) is 5.91 Å². The first-order chi connectivity index (χ1) is 8.54. The Balaban J connectivity index is 2.54. The fourth-order valence-electron chi connectivity index (χ4n) is 2.34. The van der Waals surface area contributed by atoms with Crippen molar-refractivity contribution in [2.75, 3.05) is 13.2 Å². The number of ether oxygens (including phenoxy) is 1. The van der Waals surface area contributed by atoms with Gasteiger partial charge in [0.1, 0.15) is 5.54 Å². The van der Waals surface area contributed by atoms with Crippen molar-refractivity contribution in [3.63, 3.8) is 0 Å². The molecule has 0 aromatic heterocycles. The summed E-state index contributed by atoms with van der Waals surface area (Å²) in [4.78, 5) is 23.1. The molecule has 0 saturated heterocycles. The highest BCUT2D eigenvalue weighted by Crippen LogP contribution is 2.30. The molecule has 0 aliphatic heterocycles. The topological polar surface area (TPSA) is 102 Å². The first-order valence-corrected chi connectivity index (χ1v) is 6.40. The molecule has 1 unspecified atom stereocenters. The van der Waals surface area contributed by atoms with E-state index >= 15 is 0 Å². The number of amides is 1. The molecule has 1 atom stereocenters. The highest BCUT2D eigenvalue weighted by molar-refractivity contribution is 5.87. The number of carboxylic acids is 1. The lowest BCUT2D eigenvalue weighted by molar-refractivity contribution is -0.147. The number of hydrogen-bond acceptors (Lipinski definition) is 4. The van der Waals surface area contributed by atoms with Crippen molar-refractivity contribution in [3.05, 3.63) is 0 Å². The van der Waals surface area contributed by atoms with Crippen LogP contribution in [-0.2, 0) is 14.3 Å². The second kappa shape index (κ2) is 6.70. The second-order valence-electron chi connectivity index (χ2n) is 4.66. The smallest absolute Gasteiger partial charge is 0.329 e. The predicted molar refractivity (Wildman–Crippen MR) is 66.1 cm³/mol. The van der Waals surface area contributed by atoms with Gasteiger partial charge in [0.15, 0.2) is 0 Å². The molecule has 6 heteroatoms. The molecular weight excluding hydrogens is 236 g/mol. The standard InChI is InChI=1S/C12H22N2O4/c1-2-18-9(8-13)7-10(15)14-12(11(16)17)5-3-4-6-12/h9H,2-8,13H2,1H3,(H,14,15)(H,16,17). The van der Waals surface area contributed by atoms with Crippen LogP contribution in [0.25, 0.3) is 0 Å². The van der Waals surface area contributed by atoms with Gasteiger partial charge in [0, 0.05) is 13.2 Å². The molecule has 6 nitrogen and oxygen atoms in total. The van der Waals surface area contributed by atoms with E-state index in [9.17, 15) is 14.7 Å². The first-order valence-electron chi connectivity index (χ1n) is 6.40. The molecule has 1 aliphatic rings. The minimum Gasteiger partial charge on any atom is -0.480 e. The van der Waals surface area contributed by atoms with Crippen LogP contribution in [0.3, 0.4) is 0 Å². The van der Waals surface area contributed by atoms with Crippen LogP contribution in [0.4, 0.5) is 0 Å². The summed E-state index contributed by atoms with van der Waals surface area (Å²) in [6.07, 6.45) is 2.42. The van der Waals surface area contributed by atoms with Gasteiger partial charge in [-0.15, -0.1) is 0 Å². The van der Waals surface area contributed by atoms with Crippen molar-refractivity contribution in [1.29, 1.82) is 0 Å². The number of carboxylic acid groups (broad SMARTS) is 1. The van der Waals surface area contributed by atoms with Crippen LogP contribution in [0, 0.1) is 0 Å². The van der Waals surface area contributed by atoms with Crippen molar-refractivity contribution in [2.24, 2.45) is 5.73 Å². The number of carbonyl (C=O) groups excluding carboxylic acids is 1. The van der Waals surface area contributed by atoms with E-state index in [1.165, 1.54) is 0 Å². The van der Waals surface area contributed by atoms with Gasteiger partial charge in [-0.2, -0.15) is 0 Å². The van der Waals surface area contributed by atoms with E-state index in [4.69, 9.17) is 10.5 Å². The molecule has 18 heavy (non-hydrogen) atoms. The number of carbonyl (C=O) groups is 2. The molecule has 0 bridgehead atoms. The molecule has 1 rings (SSSR count). The number of hydrogen-bond donors (Lipinski definition) is 3. The van der Waals surface area contributed by atoms with Crippen LogP contribution in [-0.4, -0.2) is 41.8 Å². The Morgan fingerprint density at radius 2 is 2.06 bits per heavy atom. The van der Waals surface area contributed by atoms with E-state index in [0.29, 0.717) is 19.4 Å². The molecule has 0 aromatic carbocycles. The molecule has 4 N–H and O–H groups in total. The monoisotopic (exact) mass is 258 g/mol. The quantitative estimate of drug-likeness (QED) is 0.607. The fraction of sp³-hybridized carbons (Fsp3) is 0.833. The highest BCUT2D eigenvalue weighted by Gasteiger charge is 2.42. The Labute approximate surface area is 107 Å². The normalized spacial score (nSPS) is 19.4. The van der Waals surface area contributed by atoms with E-state index in [1.54, 1.807) is 0 Å². The lowest BCUT2D eigenvalue weighted by Crippen LogP contribution is -2.53. The predicted octanol–water partition coefficient (Wildman–Crippen LogP) is 0.254. The zero-order valence-electron chi connectivity index (χ0n) is 10.8. The van der Waals surface area contributed by atoms with Gasteiger partial charge in [0.25, 0.3) is 0 Å². The molecule has 0 aromatic rings. The summed E-state index contributed by atoms with van der Waals surface area (Å²) in [6, 6.07) is 0. The summed E-state index contributed by atoms with van der Waals surface area (Å²) in [6.45, 7) is 2.57. The van der Waals surface area contributed by atoms with Crippen LogP contribution < -0.4 is 11.1 Å². The average molecular weight is 258 g/mol. The molecule has 0 heterocycles. The Bertz CT molecular complexity index is 300. The minimum absolute atomic E-state index is 0.110. The fourth-order valence-corrected chi connectivity index (χ4v) is 2.34. The van der Waals surface area contributed by atoms with Crippen LogP contribution in [0.1, 0.15) is 39.0 Å². The Kier molecular flexibility index (Phi) is 5.55. The van der Waals surface area contributed by atoms with Crippen LogP contribution in [0.15, 0.2) is 0 Å². The van der Waals surface area contributed by atoms with Crippen molar-refractivity contribution in [2.45, 2.75) is 50.7 Å². The molecule has 0 radical (unpaired) electrons. The SMILES string of the molecule is CCOC(CN)CC(=O)NC1(C(=O)O)CCCC1. The van der Waals surface area contributed by atoms with Crippen molar-refractivity contribution >= 4 is 11.9 Å². The zero-order valence-corrected chi connectivity index (χ0v) is 10.8. The summed E-state index contributed by atoms with van der Waals surface area (Å²) in [7, 11) is 0. The molecule has 1 fully saturated rings. The maximum atomic E-state index is 11.8. The van der Waals surface area contributed by atoms with Gasteiger partial charge in [-0.25, -0.2) is 4.79 Å². The number of rotatable bonds is 7.